The molecule has 0 aliphatic carbocycles. The third-order valence-electron chi connectivity index (χ3n) is 3.83. The van der Waals surface area contributed by atoms with Gasteiger partial charge in [0.2, 0.25) is 0 Å². The van der Waals surface area contributed by atoms with Crippen molar-refractivity contribution < 1.29 is 0 Å². The van der Waals surface area contributed by atoms with Crippen LogP contribution in [0.1, 0.15) is 52.9 Å². The lowest BCUT2D eigenvalue weighted by Gasteiger charge is -2.35. The summed E-state index contributed by atoms with van der Waals surface area (Å²) in [7, 11) is 0. The van der Waals surface area contributed by atoms with E-state index in [4.69, 9.17) is 0 Å². The fraction of sp³-hybridized carbons (Fsp3) is 1.00. The summed E-state index contributed by atoms with van der Waals surface area (Å²) in [6, 6.07) is 0. The van der Waals surface area contributed by atoms with Gasteiger partial charge in [-0.25, -0.2) is 0 Å². The normalized spacial score (nSPS) is 22.4. The van der Waals surface area contributed by atoms with Gasteiger partial charge in [0.05, 0.1) is 0 Å². The van der Waals surface area contributed by atoms with Gasteiger partial charge in [-0.15, -0.1) is 0 Å². The molecule has 0 amide bonds. The molecule has 1 aliphatic heterocycles. The van der Waals surface area contributed by atoms with E-state index >= 15 is 0 Å². The van der Waals surface area contributed by atoms with Gasteiger partial charge in [-0.1, -0.05) is 27.2 Å². The summed E-state index contributed by atoms with van der Waals surface area (Å²) < 4.78 is 0. The molecule has 0 aromatic heterocycles. The molecule has 0 aromatic carbocycles. The van der Waals surface area contributed by atoms with Crippen LogP contribution in [0.15, 0.2) is 0 Å². The predicted octanol–water partition coefficient (Wildman–Crippen LogP) is 3.20. The monoisotopic (exact) mass is 183 g/mol. The fourth-order valence-corrected chi connectivity index (χ4v) is 2.29. The number of rotatable bonds is 2. The van der Waals surface area contributed by atoms with Crippen molar-refractivity contribution in [3.63, 3.8) is 0 Å². The Morgan fingerprint density at radius 2 is 1.69 bits per heavy atom. The van der Waals surface area contributed by atoms with Gasteiger partial charge in [-0.3, -0.25) is 0 Å². The van der Waals surface area contributed by atoms with E-state index < -0.39 is 0 Å². The minimum absolute atomic E-state index is 0.567. The highest BCUT2D eigenvalue weighted by Crippen LogP contribution is 2.36. The second kappa shape index (κ2) is 4.99. The summed E-state index contributed by atoms with van der Waals surface area (Å²) in [5, 5.41) is 3.48. The lowest BCUT2D eigenvalue weighted by atomic mass is 9.72. The van der Waals surface area contributed by atoms with E-state index in [-0.39, 0.29) is 0 Å². The maximum Gasteiger partial charge on any atom is -0.00488 e. The highest BCUT2D eigenvalue weighted by atomic mass is 14.8. The van der Waals surface area contributed by atoms with Crippen molar-refractivity contribution in [3.8, 4) is 0 Å². The molecule has 13 heavy (non-hydrogen) atoms. The van der Waals surface area contributed by atoms with Crippen LogP contribution in [-0.2, 0) is 0 Å². The first-order chi connectivity index (χ1) is 6.17. The van der Waals surface area contributed by atoms with Crippen LogP contribution in [0.2, 0.25) is 0 Å². The highest BCUT2D eigenvalue weighted by molar-refractivity contribution is 4.78. The maximum absolute atomic E-state index is 3.48. The molecule has 1 saturated heterocycles. The molecule has 1 heterocycles. The molecule has 78 valence electrons. The van der Waals surface area contributed by atoms with Crippen molar-refractivity contribution in [2.75, 3.05) is 13.1 Å². The smallest absolute Gasteiger partial charge is 0.00488 e. The summed E-state index contributed by atoms with van der Waals surface area (Å²) in [5.74, 6) is 0.958. The molecule has 1 fully saturated rings. The molecule has 0 unspecified atom stereocenters. The molecule has 1 heteroatoms. The summed E-state index contributed by atoms with van der Waals surface area (Å²) in [6.45, 7) is 9.67. The highest BCUT2D eigenvalue weighted by Gasteiger charge is 2.27. The first kappa shape index (κ1) is 11.0. The zero-order valence-electron chi connectivity index (χ0n) is 9.53. The average Bonchev–Trinajstić information content (AvgIpc) is 2.03. The molecule has 1 nitrogen and oxygen atoms in total. The Bertz CT molecular complexity index is 132. The molecule has 0 atom stereocenters. The van der Waals surface area contributed by atoms with Crippen molar-refractivity contribution in [1.82, 2.24) is 5.32 Å². The molecule has 0 saturated carbocycles. The fourth-order valence-electron chi connectivity index (χ4n) is 2.29. The predicted molar refractivity (Wildman–Crippen MR) is 58.9 cm³/mol. The van der Waals surface area contributed by atoms with Crippen LogP contribution in [0, 0.1) is 11.3 Å². The van der Waals surface area contributed by atoms with E-state index in [0.717, 1.165) is 5.92 Å². The Hall–Kier alpha value is -0.0400. The summed E-state index contributed by atoms with van der Waals surface area (Å²) in [6.07, 6.45) is 6.91. The zero-order chi connectivity index (χ0) is 9.73. The van der Waals surface area contributed by atoms with Crippen LogP contribution >= 0.6 is 0 Å². The van der Waals surface area contributed by atoms with E-state index in [0.29, 0.717) is 5.41 Å². The molecule has 1 N–H and O–H groups in total. The van der Waals surface area contributed by atoms with Crippen LogP contribution in [0.4, 0.5) is 0 Å². The van der Waals surface area contributed by atoms with E-state index in [2.05, 4.69) is 26.1 Å². The average molecular weight is 183 g/mol. The van der Waals surface area contributed by atoms with Gasteiger partial charge >= 0.3 is 0 Å². The summed E-state index contributed by atoms with van der Waals surface area (Å²) >= 11 is 0. The van der Waals surface area contributed by atoms with Gasteiger partial charge < -0.3 is 5.32 Å². The Labute approximate surface area is 83.3 Å². The van der Waals surface area contributed by atoms with Crippen LogP contribution in [0.25, 0.3) is 0 Å². The van der Waals surface area contributed by atoms with Crippen molar-refractivity contribution in [2.45, 2.75) is 52.9 Å². The van der Waals surface area contributed by atoms with Crippen molar-refractivity contribution in [1.29, 1.82) is 0 Å². The van der Waals surface area contributed by atoms with Crippen molar-refractivity contribution in [3.05, 3.63) is 0 Å². The number of nitrogens with one attached hydrogen (secondary N) is 1. The standard InChI is InChI=1S/C12H25N/c1-4-12(2,3)11-7-5-9-13-10-6-8-11/h11,13H,4-10H2,1-3H3. The van der Waals surface area contributed by atoms with Crippen LogP contribution in [0.3, 0.4) is 0 Å². The summed E-state index contributed by atoms with van der Waals surface area (Å²) in [5.41, 5.74) is 0.567. The van der Waals surface area contributed by atoms with E-state index in [1.54, 1.807) is 0 Å². The lowest BCUT2D eigenvalue weighted by molar-refractivity contribution is 0.167. The largest absolute Gasteiger partial charge is 0.317 e. The van der Waals surface area contributed by atoms with Gasteiger partial charge in [-0.05, 0) is 50.1 Å². The molecule has 0 aromatic rings. The zero-order valence-corrected chi connectivity index (χ0v) is 9.53. The first-order valence-corrected chi connectivity index (χ1v) is 5.87. The topological polar surface area (TPSA) is 12.0 Å². The molecule has 0 bridgehead atoms. The van der Waals surface area contributed by atoms with E-state index in [1.807, 2.05) is 0 Å². The van der Waals surface area contributed by atoms with Crippen LogP contribution in [-0.4, -0.2) is 13.1 Å². The first-order valence-electron chi connectivity index (χ1n) is 5.87. The van der Waals surface area contributed by atoms with Crippen molar-refractivity contribution in [2.24, 2.45) is 11.3 Å². The minimum atomic E-state index is 0.567. The second-order valence-corrected chi connectivity index (χ2v) is 5.07. The Morgan fingerprint density at radius 3 is 2.15 bits per heavy atom. The third-order valence-corrected chi connectivity index (χ3v) is 3.83. The molecule has 0 radical (unpaired) electrons. The van der Waals surface area contributed by atoms with Gasteiger partial charge in [0.15, 0.2) is 0 Å². The van der Waals surface area contributed by atoms with E-state index in [9.17, 15) is 0 Å². The van der Waals surface area contributed by atoms with Crippen LogP contribution < -0.4 is 5.32 Å². The Morgan fingerprint density at radius 1 is 1.15 bits per heavy atom. The number of hydrogen-bond acceptors (Lipinski definition) is 1. The molecular weight excluding hydrogens is 158 g/mol. The second-order valence-electron chi connectivity index (χ2n) is 5.07. The quantitative estimate of drug-likeness (QED) is 0.693. The summed E-state index contributed by atoms with van der Waals surface area (Å²) in [4.78, 5) is 0. The molecule has 1 rings (SSSR count). The van der Waals surface area contributed by atoms with Gasteiger partial charge in [0.1, 0.15) is 0 Å². The van der Waals surface area contributed by atoms with Crippen LogP contribution in [0.5, 0.6) is 0 Å². The van der Waals surface area contributed by atoms with Gasteiger partial charge in [-0.2, -0.15) is 0 Å². The SMILES string of the molecule is CCC(C)(C)C1CCCNCCC1. The third kappa shape index (κ3) is 3.30. The maximum atomic E-state index is 3.48. The minimum Gasteiger partial charge on any atom is -0.317 e. The lowest BCUT2D eigenvalue weighted by Crippen LogP contribution is -2.28. The Kier molecular flexibility index (Phi) is 4.24. The molecular formula is C12H25N. The van der Waals surface area contributed by atoms with Gasteiger partial charge in [0, 0.05) is 0 Å². The molecule has 0 spiro atoms. The number of hydrogen-bond donors (Lipinski definition) is 1. The van der Waals surface area contributed by atoms with Crippen molar-refractivity contribution >= 4 is 0 Å². The Balaban J connectivity index is 2.45. The van der Waals surface area contributed by atoms with Gasteiger partial charge in [0.25, 0.3) is 0 Å². The molecule has 1 aliphatic rings. The van der Waals surface area contributed by atoms with E-state index in [1.165, 1.54) is 45.2 Å².